The minimum atomic E-state index is -0.195. The highest BCUT2D eigenvalue weighted by Gasteiger charge is 2.39. The van der Waals surface area contributed by atoms with Crippen LogP contribution in [0.1, 0.15) is 23.3 Å². The summed E-state index contributed by atoms with van der Waals surface area (Å²) >= 11 is 11.8. The van der Waals surface area contributed by atoms with Gasteiger partial charge in [-0.2, -0.15) is 0 Å². The van der Waals surface area contributed by atoms with Gasteiger partial charge in [0, 0.05) is 6.54 Å². The molecule has 0 aliphatic carbocycles. The third-order valence-corrected chi connectivity index (χ3v) is 4.70. The van der Waals surface area contributed by atoms with E-state index >= 15 is 0 Å². The molecule has 5 nitrogen and oxygen atoms in total. The van der Waals surface area contributed by atoms with Gasteiger partial charge in [-0.3, -0.25) is 4.79 Å². The van der Waals surface area contributed by atoms with E-state index in [1.807, 2.05) is 4.90 Å². The number of hydrogen-bond acceptors (Lipinski definition) is 3. The molecule has 2 saturated heterocycles. The molecule has 1 spiro atoms. The Bertz CT molecular complexity index is 487. The lowest BCUT2D eigenvalue weighted by molar-refractivity contribution is -0.114. The van der Waals surface area contributed by atoms with Gasteiger partial charge in [0.15, 0.2) is 0 Å². The van der Waals surface area contributed by atoms with Gasteiger partial charge in [0.1, 0.15) is 10.8 Å². The van der Waals surface area contributed by atoms with Crippen molar-refractivity contribution in [2.45, 2.75) is 18.4 Å². The molecule has 2 aliphatic rings. The highest BCUT2D eigenvalue weighted by atomic mass is 35.5. The van der Waals surface area contributed by atoms with Gasteiger partial charge in [0.05, 0.1) is 23.8 Å². The lowest BCUT2D eigenvalue weighted by Crippen LogP contribution is -2.57. The van der Waals surface area contributed by atoms with Crippen LogP contribution >= 0.6 is 23.2 Å². The Morgan fingerprint density at radius 2 is 2.10 bits per heavy atom. The Labute approximate surface area is 127 Å². The number of nitrogens with one attached hydrogen (secondary N) is 2. The SMILES string of the molecule is O=C(c1cc(Cl)c(Cl)[nH]1)N1CCOC2(CCNCC2)C1. The van der Waals surface area contributed by atoms with Gasteiger partial charge in [-0.1, -0.05) is 23.2 Å². The molecule has 0 saturated carbocycles. The smallest absolute Gasteiger partial charge is 0.270 e. The van der Waals surface area contributed by atoms with Gasteiger partial charge in [-0.25, -0.2) is 0 Å². The molecule has 2 fully saturated rings. The molecule has 7 heteroatoms. The summed E-state index contributed by atoms with van der Waals surface area (Å²) in [6.07, 6.45) is 1.87. The maximum absolute atomic E-state index is 12.5. The molecule has 1 aromatic rings. The molecule has 20 heavy (non-hydrogen) atoms. The highest BCUT2D eigenvalue weighted by molar-refractivity contribution is 6.41. The third-order valence-electron chi connectivity index (χ3n) is 4.01. The number of hydrogen-bond donors (Lipinski definition) is 2. The van der Waals surface area contributed by atoms with Gasteiger partial charge >= 0.3 is 0 Å². The molecule has 3 rings (SSSR count). The Kier molecular flexibility index (Phi) is 3.95. The van der Waals surface area contributed by atoms with E-state index in [0.29, 0.717) is 35.6 Å². The first-order chi connectivity index (χ1) is 9.60. The number of rotatable bonds is 1. The molecule has 0 unspecified atom stereocenters. The first kappa shape index (κ1) is 14.2. The summed E-state index contributed by atoms with van der Waals surface area (Å²) in [5.41, 5.74) is 0.241. The summed E-state index contributed by atoms with van der Waals surface area (Å²) in [5.74, 6) is -0.0694. The highest BCUT2D eigenvalue weighted by Crippen LogP contribution is 2.29. The fourth-order valence-electron chi connectivity index (χ4n) is 2.89. The number of nitrogens with zero attached hydrogens (tertiary/aromatic N) is 1. The van der Waals surface area contributed by atoms with Crippen LogP contribution in [-0.2, 0) is 4.74 Å². The van der Waals surface area contributed by atoms with E-state index in [2.05, 4.69) is 10.3 Å². The predicted octanol–water partition coefficient (Wildman–Crippen LogP) is 1.92. The molecular weight excluding hydrogens is 301 g/mol. The zero-order valence-electron chi connectivity index (χ0n) is 11.0. The minimum absolute atomic E-state index is 0.0694. The standard InChI is InChI=1S/C13H17Cl2N3O2/c14-9-7-10(17-11(9)15)12(19)18-5-6-20-13(8-18)1-3-16-4-2-13/h7,16-17H,1-6,8H2. The first-order valence-corrected chi connectivity index (χ1v) is 7.53. The van der Waals surface area contributed by atoms with E-state index in [1.165, 1.54) is 0 Å². The second kappa shape index (κ2) is 5.56. The third kappa shape index (κ3) is 2.68. The number of amides is 1. The minimum Gasteiger partial charge on any atom is -0.371 e. The normalized spacial score (nSPS) is 22.2. The van der Waals surface area contributed by atoms with Crippen molar-refractivity contribution in [3.63, 3.8) is 0 Å². The summed E-state index contributed by atoms with van der Waals surface area (Å²) in [7, 11) is 0. The van der Waals surface area contributed by atoms with E-state index in [0.717, 1.165) is 25.9 Å². The molecule has 0 bridgehead atoms. The molecule has 1 amide bonds. The number of carbonyl (C=O) groups is 1. The van der Waals surface area contributed by atoms with Crippen molar-refractivity contribution in [2.75, 3.05) is 32.8 Å². The second-order valence-electron chi connectivity index (χ2n) is 5.35. The van der Waals surface area contributed by atoms with E-state index in [9.17, 15) is 4.79 Å². The molecule has 1 aromatic heterocycles. The number of aromatic nitrogens is 1. The topological polar surface area (TPSA) is 57.4 Å². The number of H-pyrrole nitrogens is 1. The van der Waals surface area contributed by atoms with Gasteiger partial charge in [-0.15, -0.1) is 0 Å². The Morgan fingerprint density at radius 3 is 2.75 bits per heavy atom. The molecule has 0 radical (unpaired) electrons. The summed E-state index contributed by atoms with van der Waals surface area (Å²) in [5, 5.41) is 4.00. The van der Waals surface area contributed by atoms with Gasteiger partial charge in [0.2, 0.25) is 0 Å². The first-order valence-electron chi connectivity index (χ1n) is 6.78. The number of piperidine rings is 1. The molecule has 110 valence electrons. The number of ether oxygens (including phenoxy) is 1. The Balaban J connectivity index is 1.74. The fraction of sp³-hybridized carbons (Fsp3) is 0.615. The Morgan fingerprint density at radius 1 is 1.35 bits per heavy atom. The average Bonchev–Trinajstić information content (AvgIpc) is 2.79. The van der Waals surface area contributed by atoms with Crippen molar-refractivity contribution in [2.24, 2.45) is 0 Å². The van der Waals surface area contributed by atoms with Crippen molar-refractivity contribution in [1.82, 2.24) is 15.2 Å². The van der Waals surface area contributed by atoms with Crippen molar-refractivity contribution in [1.29, 1.82) is 0 Å². The van der Waals surface area contributed by atoms with Crippen LogP contribution in [0.3, 0.4) is 0 Å². The Hall–Kier alpha value is -0.750. The zero-order chi connectivity index (χ0) is 14.2. The van der Waals surface area contributed by atoms with Crippen molar-refractivity contribution in [3.05, 3.63) is 21.9 Å². The van der Waals surface area contributed by atoms with Crippen molar-refractivity contribution < 1.29 is 9.53 Å². The van der Waals surface area contributed by atoms with Crippen LogP contribution in [0.25, 0.3) is 0 Å². The van der Waals surface area contributed by atoms with Crippen molar-refractivity contribution in [3.8, 4) is 0 Å². The summed E-state index contributed by atoms with van der Waals surface area (Å²) in [6.45, 7) is 3.67. The summed E-state index contributed by atoms with van der Waals surface area (Å²) in [6, 6.07) is 1.58. The second-order valence-corrected chi connectivity index (χ2v) is 6.14. The van der Waals surface area contributed by atoms with Gasteiger partial charge < -0.3 is 19.9 Å². The number of halogens is 2. The fourth-order valence-corrected chi connectivity index (χ4v) is 3.21. The average molecular weight is 318 g/mol. The van der Waals surface area contributed by atoms with Crippen LogP contribution in [-0.4, -0.2) is 54.2 Å². The number of aromatic amines is 1. The zero-order valence-corrected chi connectivity index (χ0v) is 12.6. The van der Waals surface area contributed by atoms with E-state index in [-0.39, 0.29) is 11.5 Å². The predicted molar refractivity (Wildman–Crippen MR) is 77.5 cm³/mol. The van der Waals surface area contributed by atoms with Crippen LogP contribution in [0.5, 0.6) is 0 Å². The van der Waals surface area contributed by atoms with Gasteiger partial charge in [-0.05, 0) is 32.0 Å². The lowest BCUT2D eigenvalue weighted by Gasteiger charge is -2.45. The largest absolute Gasteiger partial charge is 0.371 e. The molecule has 2 aliphatic heterocycles. The summed E-state index contributed by atoms with van der Waals surface area (Å²) < 4.78 is 5.96. The summed E-state index contributed by atoms with van der Waals surface area (Å²) in [4.78, 5) is 17.1. The van der Waals surface area contributed by atoms with Crippen LogP contribution in [0, 0.1) is 0 Å². The molecular formula is C13H17Cl2N3O2. The monoisotopic (exact) mass is 317 g/mol. The van der Waals surface area contributed by atoms with E-state index in [1.54, 1.807) is 6.07 Å². The molecule has 0 aromatic carbocycles. The van der Waals surface area contributed by atoms with E-state index in [4.69, 9.17) is 27.9 Å². The maximum Gasteiger partial charge on any atom is 0.270 e. The molecule has 2 N–H and O–H groups in total. The maximum atomic E-state index is 12.5. The van der Waals surface area contributed by atoms with Gasteiger partial charge in [0.25, 0.3) is 5.91 Å². The van der Waals surface area contributed by atoms with Crippen LogP contribution in [0.4, 0.5) is 0 Å². The van der Waals surface area contributed by atoms with Crippen LogP contribution in [0.15, 0.2) is 6.07 Å². The quantitative estimate of drug-likeness (QED) is 0.832. The van der Waals surface area contributed by atoms with Crippen LogP contribution < -0.4 is 5.32 Å². The molecule has 3 heterocycles. The van der Waals surface area contributed by atoms with E-state index < -0.39 is 0 Å². The van der Waals surface area contributed by atoms with Crippen LogP contribution in [0.2, 0.25) is 10.2 Å². The molecule has 0 atom stereocenters. The lowest BCUT2D eigenvalue weighted by atomic mass is 9.90. The van der Waals surface area contributed by atoms with Crippen molar-refractivity contribution >= 4 is 29.1 Å². The number of morpholine rings is 1. The number of carbonyl (C=O) groups excluding carboxylic acids is 1.